The topological polar surface area (TPSA) is 88.1 Å². The third kappa shape index (κ3) is 2.06. The number of aromatic nitrogens is 7. The molecule has 4 heterocycles. The Morgan fingerprint density at radius 2 is 1.88 bits per heavy atom. The van der Waals surface area contributed by atoms with Crippen LogP contribution in [-0.4, -0.2) is 34.7 Å². The van der Waals surface area contributed by atoms with E-state index in [1.54, 1.807) is 0 Å². The van der Waals surface area contributed by atoms with E-state index in [0.29, 0.717) is 11.5 Å². The molecular formula is C18H15N7. The molecule has 4 aromatic heterocycles. The zero-order valence-electron chi connectivity index (χ0n) is 13.8. The smallest absolute Gasteiger partial charge is 0.161 e. The Bertz CT molecular complexity index is 1190. The molecule has 0 aliphatic heterocycles. The van der Waals surface area contributed by atoms with Crippen LogP contribution in [0.5, 0.6) is 0 Å². The fourth-order valence-electron chi connectivity index (χ4n) is 3.01. The van der Waals surface area contributed by atoms with E-state index in [4.69, 9.17) is 4.98 Å². The van der Waals surface area contributed by atoms with Crippen LogP contribution in [0, 0.1) is 6.92 Å². The number of para-hydroxylation sites is 2. The van der Waals surface area contributed by atoms with E-state index in [1.165, 1.54) is 0 Å². The van der Waals surface area contributed by atoms with Crippen LogP contribution in [0.25, 0.3) is 45.0 Å². The SMILES string of the molecule is Cc1ncc(-c2ccc3[nH]nc(-c4nc5ccccc5[nH]4)c3n2)n1C. The molecule has 1 aromatic carbocycles. The van der Waals surface area contributed by atoms with Crippen LogP contribution in [0.15, 0.2) is 42.6 Å². The van der Waals surface area contributed by atoms with E-state index >= 15 is 0 Å². The van der Waals surface area contributed by atoms with Gasteiger partial charge in [0.25, 0.3) is 0 Å². The molecule has 122 valence electrons. The van der Waals surface area contributed by atoms with Crippen molar-refractivity contribution in [3.63, 3.8) is 0 Å². The molecule has 2 N–H and O–H groups in total. The molecular weight excluding hydrogens is 314 g/mol. The van der Waals surface area contributed by atoms with Crippen molar-refractivity contribution in [2.75, 3.05) is 0 Å². The van der Waals surface area contributed by atoms with Crippen molar-refractivity contribution in [1.29, 1.82) is 0 Å². The maximum absolute atomic E-state index is 4.81. The first-order valence-corrected chi connectivity index (χ1v) is 7.99. The first-order valence-electron chi connectivity index (χ1n) is 7.99. The fraction of sp³-hybridized carbons (Fsp3) is 0.111. The van der Waals surface area contributed by atoms with Crippen molar-refractivity contribution >= 4 is 22.1 Å². The summed E-state index contributed by atoms with van der Waals surface area (Å²) < 4.78 is 2.02. The lowest BCUT2D eigenvalue weighted by Crippen LogP contribution is -1.96. The molecule has 0 aliphatic carbocycles. The molecule has 5 rings (SSSR count). The molecule has 0 radical (unpaired) electrons. The van der Waals surface area contributed by atoms with Crippen LogP contribution in [-0.2, 0) is 7.05 Å². The first kappa shape index (κ1) is 13.9. The van der Waals surface area contributed by atoms with Gasteiger partial charge in [-0.15, -0.1) is 0 Å². The highest BCUT2D eigenvalue weighted by Gasteiger charge is 2.16. The van der Waals surface area contributed by atoms with Gasteiger partial charge < -0.3 is 9.55 Å². The van der Waals surface area contributed by atoms with Crippen LogP contribution in [0.3, 0.4) is 0 Å². The minimum atomic E-state index is 0.707. The molecule has 7 nitrogen and oxygen atoms in total. The van der Waals surface area contributed by atoms with Crippen molar-refractivity contribution in [2.45, 2.75) is 6.92 Å². The average molecular weight is 329 g/mol. The van der Waals surface area contributed by atoms with E-state index in [2.05, 4.69) is 25.1 Å². The van der Waals surface area contributed by atoms with Crippen LogP contribution in [0.4, 0.5) is 0 Å². The zero-order valence-corrected chi connectivity index (χ0v) is 13.8. The summed E-state index contributed by atoms with van der Waals surface area (Å²) in [6.07, 6.45) is 1.84. The largest absolute Gasteiger partial charge is 0.337 e. The molecule has 0 bridgehead atoms. The summed E-state index contributed by atoms with van der Waals surface area (Å²) in [5.41, 5.74) is 6.09. The Balaban J connectivity index is 1.71. The first-order chi connectivity index (χ1) is 12.2. The van der Waals surface area contributed by atoms with Gasteiger partial charge in [0, 0.05) is 7.05 Å². The number of imidazole rings is 2. The lowest BCUT2D eigenvalue weighted by atomic mass is 10.2. The fourth-order valence-corrected chi connectivity index (χ4v) is 3.01. The summed E-state index contributed by atoms with van der Waals surface area (Å²) in [5.74, 6) is 1.65. The molecule has 25 heavy (non-hydrogen) atoms. The number of rotatable bonds is 2. The highest BCUT2D eigenvalue weighted by molar-refractivity contribution is 5.91. The van der Waals surface area contributed by atoms with E-state index in [0.717, 1.165) is 39.3 Å². The normalized spacial score (nSPS) is 11.6. The van der Waals surface area contributed by atoms with Crippen molar-refractivity contribution in [3.8, 4) is 22.9 Å². The number of fused-ring (bicyclic) bond motifs is 2. The number of benzene rings is 1. The average Bonchev–Trinajstić information content (AvgIpc) is 3.31. The van der Waals surface area contributed by atoms with Crippen molar-refractivity contribution < 1.29 is 0 Å². The number of nitrogens with zero attached hydrogens (tertiary/aromatic N) is 5. The van der Waals surface area contributed by atoms with Gasteiger partial charge in [0.05, 0.1) is 34.1 Å². The highest BCUT2D eigenvalue weighted by atomic mass is 15.2. The number of H-pyrrole nitrogens is 2. The van der Waals surface area contributed by atoms with Gasteiger partial charge in [0.2, 0.25) is 0 Å². The predicted molar refractivity (Wildman–Crippen MR) is 95.9 cm³/mol. The second-order valence-corrected chi connectivity index (χ2v) is 6.02. The van der Waals surface area contributed by atoms with Crippen molar-refractivity contribution in [3.05, 3.63) is 48.4 Å². The Hall–Kier alpha value is -3.48. The van der Waals surface area contributed by atoms with Gasteiger partial charge in [-0.3, -0.25) is 5.10 Å². The zero-order chi connectivity index (χ0) is 17.0. The van der Waals surface area contributed by atoms with E-state index in [9.17, 15) is 0 Å². The maximum atomic E-state index is 4.81. The van der Waals surface area contributed by atoms with Gasteiger partial charge in [0.15, 0.2) is 11.5 Å². The highest BCUT2D eigenvalue weighted by Crippen LogP contribution is 2.27. The molecule has 0 saturated carbocycles. The molecule has 0 unspecified atom stereocenters. The predicted octanol–water partition coefficient (Wildman–Crippen LogP) is 3.21. The minimum absolute atomic E-state index is 0.707. The van der Waals surface area contributed by atoms with Gasteiger partial charge in [-0.2, -0.15) is 5.10 Å². The van der Waals surface area contributed by atoms with Crippen LogP contribution in [0.1, 0.15) is 5.82 Å². The minimum Gasteiger partial charge on any atom is -0.337 e. The Morgan fingerprint density at radius 1 is 1.00 bits per heavy atom. The number of aromatic amines is 2. The van der Waals surface area contributed by atoms with E-state index in [-0.39, 0.29) is 0 Å². The van der Waals surface area contributed by atoms with Gasteiger partial charge >= 0.3 is 0 Å². The van der Waals surface area contributed by atoms with Crippen LogP contribution >= 0.6 is 0 Å². The quantitative estimate of drug-likeness (QED) is 0.520. The molecule has 0 atom stereocenters. The van der Waals surface area contributed by atoms with E-state index < -0.39 is 0 Å². The Kier molecular flexibility index (Phi) is 2.79. The standard InChI is InChI=1S/C18H15N7/c1-10-19-9-15(25(10)2)13-7-8-14-16(20-13)17(24-23-14)18-21-11-5-3-4-6-12(11)22-18/h3-9H,1-2H3,(H,21,22)(H,23,24). The number of nitrogens with one attached hydrogen (secondary N) is 2. The summed E-state index contributed by atoms with van der Waals surface area (Å²) in [7, 11) is 1.99. The third-order valence-corrected chi connectivity index (χ3v) is 4.50. The lowest BCUT2D eigenvalue weighted by molar-refractivity contribution is 0.862. The monoisotopic (exact) mass is 329 g/mol. The number of hydrogen-bond donors (Lipinski definition) is 2. The summed E-state index contributed by atoms with van der Waals surface area (Å²) in [5, 5.41) is 7.45. The summed E-state index contributed by atoms with van der Waals surface area (Å²) in [6.45, 7) is 1.97. The second kappa shape index (κ2) is 5.01. The summed E-state index contributed by atoms with van der Waals surface area (Å²) in [4.78, 5) is 17.1. The lowest BCUT2D eigenvalue weighted by Gasteiger charge is -2.03. The van der Waals surface area contributed by atoms with E-state index in [1.807, 2.05) is 61.1 Å². The van der Waals surface area contributed by atoms with Gasteiger partial charge in [-0.05, 0) is 31.2 Å². The number of aryl methyl sites for hydroxylation is 1. The van der Waals surface area contributed by atoms with Crippen molar-refractivity contribution in [1.82, 2.24) is 34.7 Å². The van der Waals surface area contributed by atoms with Crippen molar-refractivity contribution in [2.24, 2.45) is 7.05 Å². The van der Waals surface area contributed by atoms with Crippen LogP contribution < -0.4 is 0 Å². The molecule has 0 amide bonds. The summed E-state index contributed by atoms with van der Waals surface area (Å²) >= 11 is 0. The van der Waals surface area contributed by atoms with Crippen LogP contribution in [0.2, 0.25) is 0 Å². The third-order valence-electron chi connectivity index (χ3n) is 4.50. The molecule has 0 saturated heterocycles. The molecule has 7 heteroatoms. The molecule has 0 fully saturated rings. The molecule has 0 spiro atoms. The number of hydrogen-bond acceptors (Lipinski definition) is 4. The maximum Gasteiger partial charge on any atom is 0.161 e. The summed E-state index contributed by atoms with van der Waals surface area (Å²) in [6, 6.07) is 11.9. The molecule has 5 aromatic rings. The Labute approximate surface area is 142 Å². The second-order valence-electron chi connectivity index (χ2n) is 6.02. The Morgan fingerprint density at radius 3 is 2.68 bits per heavy atom. The van der Waals surface area contributed by atoms with Gasteiger partial charge in [-0.25, -0.2) is 15.0 Å². The number of pyridine rings is 1. The van der Waals surface area contributed by atoms with Gasteiger partial charge in [-0.1, -0.05) is 12.1 Å². The van der Waals surface area contributed by atoms with Gasteiger partial charge in [0.1, 0.15) is 11.3 Å². The molecule has 0 aliphatic rings.